The topological polar surface area (TPSA) is 208 Å². The summed E-state index contributed by atoms with van der Waals surface area (Å²) in [5, 5.41) is 51.7. The smallest absolute Gasteiger partial charge is 0.205 e. The maximum atomic E-state index is 11.2. The summed E-state index contributed by atoms with van der Waals surface area (Å²) in [6, 6.07) is 17.0. The van der Waals surface area contributed by atoms with Crippen molar-refractivity contribution in [2.75, 3.05) is 0 Å². The maximum absolute atomic E-state index is 11.2. The Morgan fingerprint density at radius 2 is 1.40 bits per heavy atom. The summed E-state index contributed by atoms with van der Waals surface area (Å²) in [7, 11) is 0. The Morgan fingerprint density at radius 1 is 0.622 bits per heavy atom. The van der Waals surface area contributed by atoms with Gasteiger partial charge in [0.05, 0.1) is 12.0 Å². The normalized spacial score (nSPS) is 12.1. The van der Waals surface area contributed by atoms with E-state index < -0.39 is 0 Å². The van der Waals surface area contributed by atoms with Crippen LogP contribution in [0.3, 0.4) is 0 Å². The predicted molar refractivity (Wildman–Crippen MR) is 163 cm³/mol. The van der Waals surface area contributed by atoms with Crippen LogP contribution in [-0.4, -0.2) is 54.8 Å². The molecule has 4 aromatic heterocycles. The summed E-state index contributed by atoms with van der Waals surface area (Å²) in [6.45, 7) is 0. The summed E-state index contributed by atoms with van der Waals surface area (Å²) < 4.78 is 1.66. The Kier molecular flexibility index (Phi) is 5.80. The molecule has 0 bridgehead atoms. The van der Waals surface area contributed by atoms with Gasteiger partial charge in [0.2, 0.25) is 11.6 Å². The standard InChI is InChI=1S/C30H18N12O3/c43-16-6-7-18-19(9-16)24(39-40-28-25-27(32-11-31-25)33-12-34-28)22(45)10-20(18)42-14-37-26-29(35-13-36-30(26)42)41-38-23-17-4-2-1-3-15(17)5-8-21(23)44/h1-14,43-45H,(H,31,32,33,34). The highest BCUT2D eigenvalue weighted by molar-refractivity contribution is 6.02. The Morgan fingerprint density at radius 3 is 2.27 bits per heavy atom. The highest BCUT2D eigenvalue weighted by atomic mass is 16.3. The lowest BCUT2D eigenvalue weighted by Crippen LogP contribution is -1.96. The van der Waals surface area contributed by atoms with E-state index in [0.29, 0.717) is 44.5 Å². The molecule has 0 aliphatic heterocycles. The number of aromatic nitrogens is 8. The molecule has 0 aliphatic rings. The number of hydrogen-bond acceptors (Lipinski definition) is 13. The van der Waals surface area contributed by atoms with Gasteiger partial charge in [-0.1, -0.05) is 30.3 Å². The Bertz CT molecular complexity index is 2500. The first-order valence-corrected chi connectivity index (χ1v) is 13.4. The first kappa shape index (κ1) is 25.8. The first-order chi connectivity index (χ1) is 22.0. The van der Waals surface area contributed by atoms with Gasteiger partial charge in [-0.15, -0.1) is 20.5 Å². The molecular formula is C30H18N12O3. The number of azo groups is 2. The Balaban J connectivity index is 1.24. The fraction of sp³-hybridized carbons (Fsp3) is 0. The fourth-order valence-electron chi connectivity index (χ4n) is 5.11. The van der Waals surface area contributed by atoms with E-state index in [1.165, 1.54) is 43.5 Å². The van der Waals surface area contributed by atoms with Gasteiger partial charge in [0.1, 0.15) is 47.6 Å². The van der Waals surface area contributed by atoms with E-state index in [4.69, 9.17) is 0 Å². The molecule has 0 radical (unpaired) electrons. The molecule has 4 heterocycles. The van der Waals surface area contributed by atoms with E-state index >= 15 is 0 Å². The summed E-state index contributed by atoms with van der Waals surface area (Å²) in [5.74, 6) is 0.0983. The highest BCUT2D eigenvalue weighted by Gasteiger charge is 2.18. The van der Waals surface area contributed by atoms with Crippen LogP contribution in [-0.2, 0) is 0 Å². The molecule has 8 aromatic rings. The van der Waals surface area contributed by atoms with Crippen LogP contribution in [0.15, 0.2) is 106 Å². The Hall–Kier alpha value is -6.90. The Labute approximate surface area is 251 Å². The van der Waals surface area contributed by atoms with Crippen LogP contribution in [0.25, 0.3) is 49.6 Å². The zero-order chi connectivity index (χ0) is 30.5. The van der Waals surface area contributed by atoms with Crippen LogP contribution >= 0.6 is 0 Å². The summed E-state index contributed by atoms with van der Waals surface area (Å²) in [6.07, 6.45) is 5.64. The second-order valence-electron chi connectivity index (χ2n) is 9.83. The van der Waals surface area contributed by atoms with Crippen molar-refractivity contribution in [3.05, 3.63) is 86.0 Å². The number of aromatic hydroxyl groups is 3. The lowest BCUT2D eigenvalue weighted by Gasteiger charge is -2.12. The van der Waals surface area contributed by atoms with E-state index in [2.05, 4.69) is 55.3 Å². The van der Waals surface area contributed by atoms with Crippen molar-refractivity contribution in [3.8, 4) is 22.9 Å². The van der Waals surface area contributed by atoms with Gasteiger partial charge in [-0.25, -0.2) is 29.9 Å². The first-order valence-electron chi connectivity index (χ1n) is 13.4. The van der Waals surface area contributed by atoms with Crippen molar-refractivity contribution in [1.29, 1.82) is 0 Å². The van der Waals surface area contributed by atoms with Crippen molar-refractivity contribution in [2.24, 2.45) is 20.5 Å². The zero-order valence-corrected chi connectivity index (χ0v) is 22.8. The molecule has 8 rings (SSSR count). The quantitative estimate of drug-likeness (QED) is 0.155. The lowest BCUT2D eigenvalue weighted by molar-refractivity contribution is 0.474. The minimum atomic E-state index is -0.221. The van der Waals surface area contributed by atoms with Crippen LogP contribution in [0, 0.1) is 0 Å². The van der Waals surface area contributed by atoms with E-state index in [0.717, 1.165) is 10.8 Å². The molecule has 0 saturated carbocycles. The van der Waals surface area contributed by atoms with Gasteiger partial charge in [0.25, 0.3) is 0 Å². The van der Waals surface area contributed by atoms with Crippen LogP contribution < -0.4 is 0 Å². The average Bonchev–Trinajstić information content (AvgIpc) is 3.72. The summed E-state index contributed by atoms with van der Waals surface area (Å²) in [5.41, 5.74) is 2.52. The van der Waals surface area contributed by atoms with Crippen molar-refractivity contribution in [2.45, 2.75) is 0 Å². The number of hydrogen-bond donors (Lipinski definition) is 4. The molecule has 15 heteroatoms. The SMILES string of the molecule is Oc1ccc2c(-n3cnc4c(N=Nc5c(O)ccc6ccccc56)ncnc43)cc(O)c(N=Nc3ncnc4[nH]cnc34)c2c1. The zero-order valence-electron chi connectivity index (χ0n) is 22.8. The monoisotopic (exact) mass is 594 g/mol. The number of imidazole rings is 2. The minimum Gasteiger partial charge on any atom is -0.508 e. The molecule has 0 spiro atoms. The van der Waals surface area contributed by atoms with Gasteiger partial charge in [0, 0.05) is 22.2 Å². The molecule has 15 nitrogen and oxygen atoms in total. The third-order valence-corrected chi connectivity index (χ3v) is 7.19. The molecule has 45 heavy (non-hydrogen) atoms. The van der Waals surface area contributed by atoms with Crippen molar-refractivity contribution >= 4 is 66.9 Å². The van der Waals surface area contributed by atoms with Crippen LogP contribution in [0.4, 0.5) is 23.0 Å². The molecule has 4 aromatic carbocycles. The van der Waals surface area contributed by atoms with Crippen molar-refractivity contribution < 1.29 is 15.3 Å². The third-order valence-electron chi connectivity index (χ3n) is 7.19. The number of aromatic amines is 1. The van der Waals surface area contributed by atoms with Gasteiger partial charge in [0.15, 0.2) is 22.3 Å². The van der Waals surface area contributed by atoms with E-state index in [1.807, 2.05) is 24.3 Å². The fourth-order valence-corrected chi connectivity index (χ4v) is 5.11. The number of fused-ring (bicyclic) bond motifs is 4. The van der Waals surface area contributed by atoms with Gasteiger partial charge >= 0.3 is 0 Å². The lowest BCUT2D eigenvalue weighted by atomic mass is 10.1. The number of H-pyrrole nitrogens is 1. The van der Waals surface area contributed by atoms with Gasteiger partial charge in [-0.05, 0) is 29.7 Å². The second kappa shape index (κ2) is 10.1. The van der Waals surface area contributed by atoms with Gasteiger partial charge in [-0.2, -0.15) is 0 Å². The van der Waals surface area contributed by atoms with Crippen molar-refractivity contribution in [1.82, 2.24) is 39.5 Å². The molecule has 4 N–H and O–H groups in total. The average molecular weight is 595 g/mol. The van der Waals surface area contributed by atoms with Crippen LogP contribution in [0.1, 0.15) is 0 Å². The third kappa shape index (κ3) is 4.30. The largest absolute Gasteiger partial charge is 0.508 e. The number of phenols is 3. The molecule has 0 atom stereocenters. The summed E-state index contributed by atoms with van der Waals surface area (Å²) >= 11 is 0. The second-order valence-corrected chi connectivity index (χ2v) is 9.83. The van der Waals surface area contributed by atoms with Gasteiger partial charge < -0.3 is 20.3 Å². The minimum absolute atomic E-state index is 0.0239. The number of phenolic OH excluding ortho intramolecular Hbond substituents is 3. The van der Waals surface area contributed by atoms with Gasteiger partial charge in [-0.3, -0.25) is 4.57 Å². The molecule has 0 amide bonds. The molecule has 216 valence electrons. The van der Waals surface area contributed by atoms with Crippen molar-refractivity contribution in [3.63, 3.8) is 0 Å². The maximum Gasteiger partial charge on any atom is 0.205 e. The van der Waals surface area contributed by atoms with Crippen LogP contribution in [0.5, 0.6) is 17.2 Å². The van der Waals surface area contributed by atoms with Crippen LogP contribution in [0.2, 0.25) is 0 Å². The molecule has 0 unspecified atom stereocenters. The van der Waals surface area contributed by atoms with E-state index in [9.17, 15) is 15.3 Å². The van der Waals surface area contributed by atoms with E-state index in [1.54, 1.807) is 22.8 Å². The highest BCUT2D eigenvalue weighted by Crippen LogP contribution is 2.42. The predicted octanol–water partition coefficient (Wildman–Crippen LogP) is 6.74. The molecular weight excluding hydrogens is 576 g/mol. The number of benzene rings is 4. The van der Waals surface area contributed by atoms with E-state index in [-0.39, 0.29) is 34.6 Å². The summed E-state index contributed by atoms with van der Waals surface area (Å²) in [4.78, 5) is 28.5. The molecule has 0 fully saturated rings. The molecule has 0 aliphatic carbocycles. The molecule has 0 saturated heterocycles. The number of nitrogens with one attached hydrogen (secondary N) is 1. The number of rotatable bonds is 5. The number of nitrogens with zero attached hydrogens (tertiary/aromatic N) is 11.